The molecule has 0 saturated heterocycles. The fourth-order valence-corrected chi connectivity index (χ4v) is 1.92. The van der Waals surface area contributed by atoms with Crippen LogP contribution in [0.3, 0.4) is 0 Å². The number of benzene rings is 2. The van der Waals surface area contributed by atoms with Crippen LogP contribution in [0.1, 0.15) is 10.4 Å². The number of rotatable bonds is 5. The van der Waals surface area contributed by atoms with Crippen LogP contribution in [-0.2, 0) is 0 Å². The molecule has 0 unspecified atom stereocenters. The topological polar surface area (TPSA) is 64.3 Å². The Morgan fingerprint density at radius 3 is 2.71 bits per heavy atom. The van der Waals surface area contributed by atoms with Crippen molar-refractivity contribution < 1.29 is 9.53 Å². The number of anilines is 1. The molecule has 0 aromatic heterocycles. The van der Waals surface area contributed by atoms with Gasteiger partial charge in [0.2, 0.25) is 0 Å². The molecule has 0 aliphatic rings. The van der Waals surface area contributed by atoms with Crippen molar-refractivity contribution in [2.24, 2.45) is 5.73 Å². The van der Waals surface area contributed by atoms with Crippen molar-refractivity contribution in [3.05, 3.63) is 59.1 Å². The molecule has 4 nitrogen and oxygen atoms in total. The average molecular weight is 321 g/mol. The molecule has 3 N–H and O–H groups in total. The number of hydrogen-bond donors (Lipinski definition) is 2. The number of nitrogens with one attached hydrogen (secondary N) is 1. The second-order valence-corrected chi connectivity index (χ2v) is 5.18. The summed E-state index contributed by atoms with van der Waals surface area (Å²) in [5.74, 6) is 0.226. The lowest BCUT2D eigenvalue weighted by atomic mass is 10.2. The summed E-state index contributed by atoms with van der Waals surface area (Å²) in [6.07, 6.45) is 0. The number of para-hydroxylation sites is 2. The van der Waals surface area contributed by atoms with E-state index in [0.717, 1.165) is 0 Å². The Morgan fingerprint density at radius 1 is 1.24 bits per heavy atom. The van der Waals surface area contributed by atoms with E-state index in [2.05, 4.69) is 5.32 Å². The largest absolute Gasteiger partial charge is 0.484 e. The van der Waals surface area contributed by atoms with Gasteiger partial charge in [-0.25, -0.2) is 0 Å². The van der Waals surface area contributed by atoms with Crippen LogP contribution in [0.2, 0.25) is 5.02 Å². The average Bonchev–Trinajstić information content (AvgIpc) is 2.46. The molecule has 0 bridgehead atoms. The summed E-state index contributed by atoms with van der Waals surface area (Å²) in [6.45, 7) is 0.110. The maximum atomic E-state index is 12.2. The van der Waals surface area contributed by atoms with Crippen molar-refractivity contribution in [2.75, 3.05) is 11.9 Å². The van der Waals surface area contributed by atoms with Crippen LogP contribution in [0.5, 0.6) is 5.75 Å². The molecule has 0 heterocycles. The van der Waals surface area contributed by atoms with Gasteiger partial charge in [0.25, 0.3) is 5.91 Å². The van der Waals surface area contributed by atoms with E-state index < -0.39 is 0 Å². The van der Waals surface area contributed by atoms with Gasteiger partial charge in [0.15, 0.2) is 0 Å². The normalized spacial score (nSPS) is 9.95. The molecule has 2 aromatic carbocycles. The van der Waals surface area contributed by atoms with E-state index >= 15 is 0 Å². The van der Waals surface area contributed by atoms with Crippen molar-refractivity contribution in [3.8, 4) is 5.75 Å². The van der Waals surface area contributed by atoms with Gasteiger partial charge in [-0.15, -0.1) is 0 Å². The van der Waals surface area contributed by atoms with E-state index in [9.17, 15) is 4.79 Å². The summed E-state index contributed by atoms with van der Waals surface area (Å²) in [4.78, 5) is 12.4. The highest BCUT2D eigenvalue weighted by atomic mass is 35.5. The van der Waals surface area contributed by atoms with Crippen LogP contribution >= 0.6 is 23.8 Å². The molecule has 108 valence electrons. The summed E-state index contributed by atoms with van der Waals surface area (Å²) in [5, 5.41) is 3.27. The summed E-state index contributed by atoms with van der Waals surface area (Å²) in [6, 6.07) is 13.7. The maximum absolute atomic E-state index is 12.2. The van der Waals surface area contributed by atoms with E-state index in [-0.39, 0.29) is 17.5 Å². The number of hydrogen-bond acceptors (Lipinski definition) is 3. The number of halogens is 1. The first-order chi connectivity index (χ1) is 10.1. The first-order valence-electron chi connectivity index (χ1n) is 6.13. The minimum Gasteiger partial charge on any atom is -0.484 e. The molecule has 2 aromatic rings. The molecule has 0 radical (unpaired) electrons. The number of amides is 1. The second-order valence-electron chi connectivity index (χ2n) is 4.22. The van der Waals surface area contributed by atoms with Crippen LogP contribution in [0.15, 0.2) is 48.5 Å². The number of nitrogens with two attached hydrogens (primary N) is 1. The van der Waals surface area contributed by atoms with Crippen LogP contribution in [-0.4, -0.2) is 17.5 Å². The van der Waals surface area contributed by atoms with Gasteiger partial charge in [-0.05, 0) is 30.3 Å². The third kappa shape index (κ3) is 4.44. The fourth-order valence-electron chi connectivity index (χ4n) is 1.67. The molecule has 0 atom stereocenters. The van der Waals surface area contributed by atoms with Gasteiger partial charge in [0, 0.05) is 10.6 Å². The van der Waals surface area contributed by atoms with Gasteiger partial charge in [-0.3, -0.25) is 4.79 Å². The molecule has 1 amide bonds. The van der Waals surface area contributed by atoms with E-state index in [1.807, 2.05) is 0 Å². The van der Waals surface area contributed by atoms with Gasteiger partial charge in [-0.1, -0.05) is 42.0 Å². The van der Waals surface area contributed by atoms with E-state index in [1.165, 1.54) is 0 Å². The molecule has 0 saturated carbocycles. The summed E-state index contributed by atoms with van der Waals surface area (Å²) in [7, 11) is 0. The monoisotopic (exact) mass is 320 g/mol. The van der Waals surface area contributed by atoms with Gasteiger partial charge < -0.3 is 15.8 Å². The summed E-state index contributed by atoms with van der Waals surface area (Å²) in [5.41, 5.74) is 6.41. The third-order valence-corrected chi connectivity index (χ3v) is 2.94. The molecule has 0 aliphatic carbocycles. The lowest BCUT2D eigenvalue weighted by Crippen LogP contribution is -2.19. The molecular formula is C15H13ClN2O2S. The Morgan fingerprint density at radius 2 is 2.00 bits per heavy atom. The quantitative estimate of drug-likeness (QED) is 0.830. The Hall–Kier alpha value is -2.11. The number of thiocarbonyl (C=S) groups is 1. The number of carbonyl (C=O) groups is 1. The molecule has 2 rings (SSSR count). The molecule has 6 heteroatoms. The van der Waals surface area contributed by atoms with Gasteiger partial charge >= 0.3 is 0 Å². The van der Waals surface area contributed by atoms with Gasteiger partial charge in [-0.2, -0.15) is 0 Å². The highest BCUT2D eigenvalue weighted by Gasteiger charge is 2.10. The molecule has 21 heavy (non-hydrogen) atoms. The Kier molecular flexibility index (Phi) is 5.14. The highest BCUT2D eigenvalue weighted by Crippen LogP contribution is 2.24. The Labute approximate surface area is 132 Å². The summed E-state index contributed by atoms with van der Waals surface area (Å²) < 4.78 is 5.45. The third-order valence-electron chi connectivity index (χ3n) is 2.59. The zero-order valence-electron chi connectivity index (χ0n) is 11.0. The first kappa shape index (κ1) is 15.3. The Balaban J connectivity index is 2.15. The van der Waals surface area contributed by atoms with Gasteiger partial charge in [0.05, 0.1) is 5.69 Å². The van der Waals surface area contributed by atoms with Crippen molar-refractivity contribution in [2.45, 2.75) is 0 Å². The van der Waals surface area contributed by atoms with E-state index in [4.69, 9.17) is 34.3 Å². The minimum absolute atomic E-state index is 0.110. The molecule has 0 spiro atoms. The van der Waals surface area contributed by atoms with Gasteiger partial charge in [0.1, 0.15) is 17.3 Å². The van der Waals surface area contributed by atoms with Crippen molar-refractivity contribution >= 4 is 40.4 Å². The van der Waals surface area contributed by atoms with Crippen LogP contribution < -0.4 is 15.8 Å². The predicted molar refractivity (Wildman–Crippen MR) is 88.1 cm³/mol. The number of carbonyl (C=O) groups excluding carboxylic acids is 1. The van der Waals surface area contributed by atoms with Crippen molar-refractivity contribution in [1.29, 1.82) is 0 Å². The molecule has 0 aliphatic heterocycles. The summed E-state index contributed by atoms with van der Waals surface area (Å²) >= 11 is 10.6. The standard InChI is InChI=1S/C15H13ClN2O2S/c16-11-5-3-4-10(8-11)15(19)18-12-6-1-2-7-13(12)20-9-14(17)21/h1-8H,9H2,(H2,17,21)(H,18,19). The van der Waals surface area contributed by atoms with E-state index in [0.29, 0.717) is 22.0 Å². The zero-order valence-corrected chi connectivity index (χ0v) is 12.6. The first-order valence-corrected chi connectivity index (χ1v) is 6.92. The lowest BCUT2D eigenvalue weighted by Gasteiger charge is -2.12. The van der Waals surface area contributed by atoms with Crippen LogP contribution in [0.25, 0.3) is 0 Å². The second kappa shape index (κ2) is 7.06. The lowest BCUT2D eigenvalue weighted by molar-refractivity contribution is 0.102. The maximum Gasteiger partial charge on any atom is 0.255 e. The number of ether oxygens (including phenoxy) is 1. The SMILES string of the molecule is NC(=S)COc1ccccc1NC(=O)c1cccc(Cl)c1. The molecule has 0 fully saturated rings. The zero-order chi connectivity index (χ0) is 15.2. The van der Waals surface area contributed by atoms with Crippen molar-refractivity contribution in [1.82, 2.24) is 0 Å². The van der Waals surface area contributed by atoms with Crippen LogP contribution in [0.4, 0.5) is 5.69 Å². The Bertz CT molecular complexity index is 676. The predicted octanol–water partition coefficient (Wildman–Crippen LogP) is 3.26. The van der Waals surface area contributed by atoms with Crippen LogP contribution in [0, 0.1) is 0 Å². The highest BCUT2D eigenvalue weighted by molar-refractivity contribution is 7.80. The molecular weight excluding hydrogens is 308 g/mol. The smallest absolute Gasteiger partial charge is 0.255 e. The fraction of sp³-hybridized carbons (Fsp3) is 0.0667. The minimum atomic E-state index is -0.274. The van der Waals surface area contributed by atoms with E-state index in [1.54, 1.807) is 48.5 Å². The van der Waals surface area contributed by atoms with Crippen molar-refractivity contribution in [3.63, 3.8) is 0 Å².